The molecule has 0 spiro atoms. The van der Waals surface area contributed by atoms with Crippen LogP contribution >= 0.6 is 0 Å². The highest BCUT2D eigenvalue weighted by Gasteiger charge is 2.36. The zero-order chi connectivity index (χ0) is 18.3. The number of likely N-dealkylation sites (N-methyl/N-ethyl adjacent to an activating group) is 1. The van der Waals surface area contributed by atoms with Gasteiger partial charge in [-0.1, -0.05) is 44.2 Å². The largest absolute Gasteiger partial charge is 0.633 e. The standard InChI is InChI=1S/C18H28N2O4/c1-5-15(14-9-7-6-8-10-14)16(18(22)23)13(2)17(21)19-11-12-20(3,4)24/h6-10,13,15-16H,5,11-12H2,1-4H3,(H,19,21)(H,22,23). The first-order valence-corrected chi connectivity index (χ1v) is 8.26. The van der Waals surface area contributed by atoms with Gasteiger partial charge in [-0.3, -0.25) is 9.59 Å². The predicted octanol–water partition coefficient (Wildman–Crippen LogP) is 2.21. The molecule has 6 heteroatoms. The highest BCUT2D eigenvalue weighted by Crippen LogP contribution is 2.33. The lowest BCUT2D eigenvalue weighted by Gasteiger charge is -2.34. The minimum absolute atomic E-state index is 0.230. The van der Waals surface area contributed by atoms with Crippen LogP contribution in [0, 0.1) is 17.0 Å². The molecule has 0 saturated carbocycles. The van der Waals surface area contributed by atoms with Crippen molar-refractivity contribution < 1.29 is 19.3 Å². The highest BCUT2D eigenvalue weighted by atomic mass is 16.5. The van der Waals surface area contributed by atoms with Gasteiger partial charge < -0.3 is 20.3 Å². The van der Waals surface area contributed by atoms with Gasteiger partial charge in [-0.15, -0.1) is 0 Å². The van der Waals surface area contributed by atoms with Gasteiger partial charge >= 0.3 is 5.97 Å². The summed E-state index contributed by atoms with van der Waals surface area (Å²) in [6.07, 6.45) is 0.628. The number of hydrogen-bond donors (Lipinski definition) is 2. The Balaban J connectivity index is 2.86. The second-order valence-corrected chi connectivity index (χ2v) is 6.67. The predicted molar refractivity (Wildman–Crippen MR) is 93.1 cm³/mol. The maximum absolute atomic E-state index is 12.3. The van der Waals surface area contributed by atoms with Crippen LogP contribution in [-0.2, 0) is 9.59 Å². The first-order valence-electron chi connectivity index (χ1n) is 8.26. The second-order valence-electron chi connectivity index (χ2n) is 6.67. The second kappa shape index (κ2) is 8.80. The van der Waals surface area contributed by atoms with E-state index in [0.29, 0.717) is 6.42 Å². The molecule has 1 rings (SSSR count). The first-order chi connectivity index (χ1) is 11.2. The molecular weight excluding hydrogens is 308 g/mol. The molecule has 0 aromatic heterocycles. The molecule has 134 valence electrons. The summed E-state index contributed by atoms with van der Waals surface area (Å²) in [7, 11) is 3.00. The van der Waals surface area contributed by atoms with Crippen LogP contribution in [0.2, 0.25) is 0 Å². The Hall–Kier alpha value is -1.92. The molecule has 6 nitrogen and oxygen atoms in total. The maximum atomic E-state index is 12.3. The van der Waals surface area contributed by atoms with Gasteiger partial charge in [0.05, 0.1) is 33.1 Å². The number of carbonyl (C=O) groups is 2. The Kier molecular flexibility index (Phi) is 7.38. The van der Waals surface area contributed by atoms with Crippen LogP contribution in [0.3, 0.4) is 0 Å². The van der Waals surface area contributed by atoms with E-state index < -0.39 is 22.5 Å². The van der Waals surface area contributed by atoms with Crippen LogP contribution in [0.25, 0.3) is 0 Å². The van der Waals surface area contributed by atoms with Crippen LogP contribution in [0.15, 0.2) is 30.3 Å². The van der Waals surface area contributed by atoms with Gasteiger partial charge in [0.1, 0.15) is 0 Å². The van der Waals surface area contributed by atoms with Gasteiger partial charge in [0.2, 0.25) is 5.91 Å². The zero-order valence-electron chi connectivity index (χ0n) is 14.9. The number of carboxylic acids is 1. The zero-order valence-corrected chi connectivity index (χ0v) is 14.9. The summed E-state index contributed by atoms with van der Waals surface area (Å²) in [5, 5.41) is 23.9. The van der Waals surface area contributed by atoms with E-state index in [1.807, 2.05) is 37.3 Å². The van der Waals surface area contributed by atoms with E-state index >= 15 is 0 Å². The Bertz CT molecular complexity index is 540. The molecule has 2 N–H and O–H groups in total. The summed E-state index contributed by atoms with van der Waals surface area (Å²) in [5.41, 5.74) is 0.921. The van der Waals surface area contributed by atoms with E-state index in [1.165, 1.54) is 14.1 Å². The molecular formula is C18H28N2O4. The molecule has 0 fully saturated rings. The average Bonchev–Trinajstić information content (AvgIpc) is 2.51. The molecule has 0 aliphatic carbocycles. The lowest BCUT2D eigenvalue weighted by molar-refractivity contribution is -0.838. The normalized spacial score (nSPS) is 15.4. The number of nitrogens with one attached hydrogen (secondary N) is 1. The number of hydrogen-bond acceptors (Lipinski definition) is 3. The molecule has 1 aromatic carbocycles. The first kappa shape index (κ1) is 20.1. The molecule has 0 bridgehead atoms. The highest BCUT2D eigenvalue weighted by molar-refractivity contribution is 5.85. The van der Waals surface area contributed by atoms with E-state index in [1.54, 1.807) is 6.92 Å². The summed E-state index contributed by atoms with van der Waals surface area (Å²) < 4.78 is -0.501. The summed E-state index contributed by atoms with van der Waals surface area (Å²) >= 11 is 0. The van der Waals surface area contributed by atoms with Crippen molar-refractivity contribution in [3.05, 3.63) is 41.1 Å². The quantitative estimate of drug-likeness (QED) is 0.534. The fourth-order valence-electron chi connectivity index (χ4n) is 2.90. The van der Waals surface area contributed by atoms with Crippen molar-refractivity contribution >= 4 is 11.9 Å². The van der Waals surface area contributed by atoms with Crippen LogP contribution in [0.1, 0.15) is 31.7 Å². The molecule has 1 amide bonds. The molecule has 3 atom stereocenters. The molecule has 0 radical (unpaired) electrons. The van der Waals surface area contributed by atoms with Crippen LogP contribution < -0.4 is 5.32 Å². The summed E-state index contributed by atoms with van der Waals surface area (Å²) in [4.78, 5) is 24.2. The Morgan fingerprint density at radius 1 is 1.25 bits per heavy atom. The van der Waals surface area contributed by atoms with Crippen molar-refractivity contribution in [2.75, 3.05) is 27.2 Å². The Morgan fingerprint density at radius 2 is 1.83 bits per heavy atom. The molecule has 24 heavy (non-hydrogen) atoms. The van der Waals surface area contributed by atoms with Crippen molar-refractivity contribution in [2.24, 2.45) is 11.8 Å². The number of nitrogens with zero attached hydrogens (tertiary/aromatic N) is 1. The van der Waals surface area contributed by atoms with Gasteiger partial charge in [-0.05, 0) is 17.9 Å². The van der Waals surface area contributed by atoms with Gasteiger partial charge in [0.15, 0.2) is 0 Å². The summed E-state index contributed by atoms with van der Waals surface area (Å²) in [6, 6.07) is 9.41. The van der Waals surface area contributed by atoms with Gasteiger partial charge in [-0.25, -0.2) is 0 Å². The van der Waals surface area contributed by atoms with Gasteiger partial charge in [0, 0.05) is 5.92 Å². The topological polar surface area (TPSA) is 89.5 Å². The van der Waals surface area contributed by atoms with E-state index in [4.69, 9.17) is 0 Å². The van der Waals surface area contributed by atoms with Crippen LogP contribution in [-0.4, -0.2) is 48.8 Å². The fourth-order valence-corrected chi connectivity index (χ4v) is 2.90. The maximum Gasteiger partial charge on any atom is 0.307 e. The lowest BCUT2D eigenvalue weighted by Crippen LogP contribution is -2.44. The molecule has 1 aromatic rings. The molecule has 0 aliphatic rings. The number of rotatable bonds is 9. The number of aliphatic carboxylic acids is 1. The van der Waals surface area contributed by atoms with Crippen molar-refractivity contribution in [1.82, 2.24) is 5.32 Å². The minimum Gasteiger partial charge on any atom is -0.633 e. The third-order valence-electron chi connectivity index (χ3n) is 4.29. The number of benzene rings is 1. The summed E-state index contributed by atoms with van der Waals surface area (Å²) in [5.74, 6) is -3.04. The van der Waals surface area contributed by atoms with Crippen molar-refractivity contribution in [2.45, 2.75) is 26.2 Å². The monoisotopic (exact) mass is 336 g/mol. The molecule has 0 saturated heterocycles. The number of amides is 1. The molecule has 0 heterocycles. The Labute approximate surface area is 143 Å². The number of carbonyl (C=O) groups excluding carboxylic acids is 1. The van der Waals surface area contributed by atoms with E-state index in [0.717, 1.165) is 5.56 Å². The molecule has 0 aliphatic heterocycles. The van der Waals surface area contributed by atoms with E-state index in [-0.39, 0.29) is 24.9 Å². The van der Waals surface area contributed by atoms with Crippen LogP contribution in [0.5, 0.6) is 0 Å². The fraction of sp³-hybridized carbons (Fsp3) is 0.556. The average molecular weight is 336 g/mol. The van der Waals surface area contributed by atoms with Crippen LogP contribution in [0.4, 0.5) is 0 Å². The van der Waals surface area contributed by atoms with Crippen molar-refractivity contribution in [3.8, 4) is 0 Å². The minimum atomic E-state index is -0.978. The third-order valence-corrected chi connectivity index (χ3v) is 4.29. The SMILES string of the molecule is CCC(c1ccccc1)C(C(=O)O)C(C)C(=O)NCC[N+](C)(C)[O-]. The van der Waals surface area contributed by atoms with Gasteiger partial charge in [-0.2, -0.15) is 0 Å². The third kappa shape index (κ3) is 5.94. The number of quaternary nitrogens is 1. The Morgan fingerprint density at radius 3 is 2.29 bits per heavy atom. The lowest BCUT2D eigenvalue weighted by atomic mass is 9.76. The molecule has 3 unspecified atom stereocenters. The number of carboxylic acid groups (broad SMARTS) is 1. The van der Waals surface area contributed by atoms with E-state index in [2.05, 4.69) is 5.32 Å². The smallest absolute Gasteiger partial charge is 0.307 e. The van der Waals surface area contributed by atoms with Crippen molar-refractivity contribution in [3.63, 3.8) is 0 Å². The number of hydroxylamine groups is 3. The van der Waals surface area contributed by atoms with E-state index in [9.17, 15) is 19.9 Å². The summed E-state index contributed by atoms with van der Waals surface area (Å²) in [6.45, 7) is 4.03. The van der Waals surface area contributed by atoms with Gasteiger partial charge in [0.25, 0.3) is 0 Å². The van der Waals surface area contributed by atoms with Crippen molar-refractivity contribution in [1.29, 1.82) is 0 Å².